The van der Waals surface area contributed by atoms with Crippen LogP contribution in [0.15, 0.2) is 77.7 Å². The molecule has 0 saturated carbocycles. The molecule has 172 valence electrons. The zero-order chi connectivity index (χ0) is 24.0. The Kier molecular flexibility index (Phi) is 7.73. The summed E-state index contributed by atoms with van der Waals surface area (Å²) >= 11 is 5.90. The van der Waals surface area contributed by atoms with E-state index in [1.165, 1.54) is 19.1 Å². The van der Waals surface area contributed by atoms with Crippen molar-refractivity contribution in [3.05, 3.63) is 77.8 Å². The van der Waals surface area contributed by atoms with Crippen molar-refractivity contribution in [2.24, 2.45) is 5.92 Å². The topological polar surface area (TPSA) is 110 Å². The van der Waals surface area contributed by atoms with Crippen LogP contribution in [0, 0.1) is 5.92 Å². The van der Waals surface area contributed by atoms with Crippen LogP contribution in [0.4, 0.5) is 5.69 Å². The predicted molar refractivity (Wildman–Crippen MR) is 126 cm³/mol. The molecule has 1 atom stereocenters. The van der Waals surface area contributed by atoms with Crippen LogP contribution in [0.3, 0.4) is 0 Å². The standard InChI is InChI=1S/C24H22ClNO6S/c1-16(27)26-22-4-2-3-5-23(22)32-14-19(24(28)29)15-33(30,31)21-12-8-18(9-13-21)17-6-10-20(25)11-7-17/h2-13,19H,14-15H2,1H3,(H,26,27)(H,28,29). The average molecular weight is 488 g/mol. The number of rotatable bonds is 9. The summed E-state index contributed by atoms with van der Waals surface area (Å²) in [4.78, 5) is 23.1. The molecule has 1 amide bonds. The van der Waals surface area contributed by atoms with Crippen LogP contribution in [0.5, 0.6) is 5.75 Å². The molecule has 0 fully saturated rings. The molecule has 0 aliphatic heterocycles. The number of benzene rings is 3. The molecule has 7 nitrogen and oxygen atoms in total. The number of carbonyl (C=O) groups is 2. The number of amides is 1. The van der Waals surface area contributed by atoms with Gasteiger partial charge in [0.25, 0.3) is 0 Å². The van der Waals surface area contributed by atoms with Gasteiger partial charge in [0.1, 0.15) is 18.3 Å². The van der Waals surface area contributed by atoms with Crippen LogP contribution in [-0.4, -0.2) is 37.8 Å². The van der Waals surface area contributed by atoms with Gasteiger partial charge in [-0.05, 0) is 47.5 Å². The smallest absolute Gasteiger partial charge is 0.311 e. The molecule has 0 aliphatic rings. The number of sulfone groups is 1. The van der Waals surface area contributed by atoms with E-state index in [1.54, 1.807) is 48.5 Å². The van der Waals surface area contributed by atoms with Gasteiger partial charge in [0.15, 0.2) is 9.84 Å². The van der Waals surface area contributed by atoms with Crippen LogP contribution < -0.4 is 10.1 Å². The number of carboxylic acid groups (broad SMARTS) is 1. The molecule has 0 radical (unpaired) electrons. The molecule has 0 aliphatic carbocycles. The molecular formula is C24H22ClNO6S. The Morgan fingerprint density at radius 1 is 0.970 bits per heavy atom. The van der Waals surface area contributed by atoms with Crippen LogP contribution in [-0.2, 0) is 19.4 Å². The van der Waals surface area contributed by atoms with Crippen molar-refractivity contribution in [1.82, 2.24) is 0 Å². The molecule has 0 heterocycles. The second-order valence-corrected chi connectivity index (χ2v) is 9.81. The van der Waals surface area contributed by atoms with Crippen LogP contribution in [0.2, 0.25) is 5.02 Å². The number of carbonyl (C=O) groups excluding carboxylic acids is 1. The number of hydrogen-bond acceptors (Lipinski definition) is 5. The van der Waals surface area contributed by atoms with Gasteiger partial charge in [-0.25, -0.2) is 8.42 Å². The lowest BCUT2D eigenvalue weighted by Gasteiger charge is -2.16. The van der Waals surface area contributed by atoms with Gasteiger partial charge in [0.2, 0.25) is 5.91 Å². The fraction of sp³-hybridized carbons (Fsp3) is 0.167. The highest BCUT2D eigenvalue weighted by Gasteiger charge is 2.28. The summed E-state index contributed by atoms with van der Waals surface area (Å²) in [5.41, 5.74) is 2.05. The lowest BCUT2D eigenvalue weighted by molar-refractivity contribution is -0.141. The minimum absolute atomic E-state index is 0.0186. The Morgan fingerprint density at radius 2 is 1.55 bits per heavy atom. The Hall–Kier alpha value is -3.36. The second kappa shape index (κ2) is 10.5. The van der Waals surface area contributed by atoms with E-state index in [0.29, 0.717) is 10.7 Å². The third kappa shape index (κ3) is 6.57. The second-order valence-electron chi connectivity index (χ2n) is 7.34. The number of anilines is 1. The summed E-state index contributed by atoms with van der Waals surface area (Å²) in [5.74, 6) is -3.30. The molecule has 33 heavy (non-hydrogen) atoms. The summed E-state index contributed by atoms with van der Waals surface area (Å²) in [6, 6.07) is 19.9. The maximum absolute atomic E-state index is 12.9. The first-order valence-electron chi connectivity index (χ1n) is 9.97. The highest BCUT2D eigenvalue weighted by molar-refractivity contribution is 7.91. The van der Waals surface area contributed by atoms with Crippen molar-refractivity contribution in [2.45, 2.75) is 11.8 Å². The third-order valence-corrected chi connectivity index (χ3v) is 6.88. The number of aliphatic carboxylic acids is 1. The number of halogens is 1. The van der Waals surface area contributed by atoms with E-state index >= 15 is 0 Å². The molecular weight excluding hydrogens is 466 g/mol. The van der Waals surface area contributed by atoms with Crippen LogP contribution in [0.1, 0.15) is 6.92 Å². The fourth-order valence-electron chi connectivity index (χ4n) is 3.12. The van der Waals surface area contributed by atoms with Crippen LogP contribution >= 0.6 is 11.6 Å². The quantitative estimate of drug-likeness (QED) is 0.459. The first-order valence-corrected chi connectivity index (χ1v) is 12.0. The Morgan fingerprint density at radius 3 is 2.12 bits per heavy atom. The molecule has 0 bridgehead atoms. The number of carboxylic acids is 1. The van der Waals surface area contributed by atoms with Gasteiger partial charge in [-0.15, -0.1) is 0 Å². The normalized spacial score (nSPS) is 12.1. The molecule has 2 N–H and O–H groups in total. The Bertz CT molecular complexity index is 1240. The molecule has 9 heteroatoms. The van der Waals surface area contributed by atoms with Crippen molar-refractivity contribution in [3.63, 3.8) is 0 Å². The number of nitrogens with one attached hydrogen (secondary N) is 1. The number of hydrogen-bond donors (Lipinski definition) is 2. The monoisotopic (exact) mass is 487 g/mol. The number of para-hydroxylation sites is 2. The van der Waals surface area contributed by atoms with Crippen LogP contribution in [0.25, 0.3) is 11.1 Å². The fourth-order valence-corrected chi connectivity index (χ4v) is 4.76. The summed E-state index contributed by atoms with van der Waals surface area (Å²) in [6.45, 7) is 0.954. The van der Waals surface area contributed by atoms with E-state index in [9.17, 15) is 23.1 Å². The van der Waals surface area contributed by atoms with Crippen molar-refractivity contribution in [1.29, 1.82) is 0 Å². The van der Waals surface area contributed by atoms with Crippen molar-refractivity contribution >= 4 is 39.0 Å². The first-order chi connectivity index (χ1) is 15.7. The van der Waals surface area contributed by atoms with Gasteiger partial charge < -0.3 is 15.2 Å². The Balaban J connectivity index is 1.73. The molecule has 3 aromatic carbocycles. The summed E-state index contributed by atoms with van der Waals surface area (Å²) < 4.78 is 31.3. The van der Waals surface area contributed by atoms with Gasteiger partial charge >= 0.3 is 5.97 Å². The molecule has 3 aromatic rings. The minimum Gasteiger partial charge on any atom is -0.490 e. The highest BCUT2D eigenvalue weighted by Crippen LogP contribution is 2.26. The largest absolute Gasteiger partial charge is 0.490 e. The first kappa shape index (κ1) is 24.3. The highest BCUT2D eigenvalue weighted by atomic mass is 35.5. The van der Waals surface area contributed by atoms with E-state index in [4.69, 9.17) is 16.3 Å². The summed E-state index contributed by atoms with van der Waals surface area (Å²) in [7, 11) is -3.90. The lowest BCUT2D eigenvalue weighted by Crippen LogP contribution is -2.29. The maximum atomic E-state index is 12.9. The van der Waals surface area contributed by atoms with Gasteiger partial charge in [0, 0.05) is 11.9 Å². The van der Waals surface area contributed by atoms with E-state index in [-0.39, 0.29) is 23.2 Å². The molecule has 0 saturated heterocycles. The summed E-state index contributed by atoms with van der Waals surface area (Å²) in [6.07, 6.45) is 0. The SMILES string of the molecule is CC(=O)Nc1ccccc1OCC(CS(=O)(=O)c1ccc(-c2ccc(Cl)cc2)cc1)C(=O)O. The van der Waals surface area contributed by atoms with Gasteiger partial charge in [-0.2, -0.15) is 0 Å². The zero-order valence-corrected chi connectivity index (χ0v) is 19.3. The van der Waals surface area contributed by atoms with Gasteiger partial charge in [0.05, 0.1) is 16.3 Å². The van der Waals surface area contributed by atoms with E-state index in [1.807, 2.05) is 12.1 Å². The maximum Gasteiger partial charge on any atom is 0.311 e. The van der Waals surface area contributed by atoms with Crippen molar-refractivity contribution in [3.8, 4) is 16.9 Å². The minimum atomic E-state index is -3.90. The molecule has 1 unspecified atom stereocenters. The van der Waals surface area contributed by atoms with Gasteiger partial charge in [-0.1, -0.05) is 48.0 Å². The van der Waals surface area contributed by atoms with Crippen molar-refractivity contribution in [2.75, 3.05) is 17.7 Å². The molecule has 3 rings (SSSR count). The van der Waals surface area contributed by atoms with Gasteiger partial charge in [-0.3, -0.25) is 9.59 Å². The average Bonchev–Trinajstić information content (AvgIpc) is 2.77. The van der Waals surface area contributed by atoms with E-state index < -0.39 is 27.5 Å². The lowest BCUT2D eigenvalue weighted by atomic mass is 10.1. The van der Waals surface area contributed by atoms with E-state index in [0.717, 1.165) is 11.1 Å². The summed E-state index contributed by atoms with van der Waals surface area (Å²) in [5, 5.41) is 12.7. The zero-order valence-electron chi connectivity index (χ0n) is 17.7. The molecule has 0 spiro atoms. The predicted octanol–water partition coefficient (Wildman–Crippen LogP) is 4.52. The number of ether oxygens (including phenoxy) is 1. The Labute approximate surface area is 196 Å². The van der Waals surface area contributed by atoms with Crippen molar-refractivity contribution < 1.29 is 27.9 Å². The third-order valence-electron chi connectivity index (χ3n) is 4.80. The molecule has 0 aromatic heterocycles. The van der Waals surface area contributed by atoms with E-state index in [2.05, 4.69) is 5.32 Å².